The molecule has 0 unspecified atom stereocenters. The van der Waals surface area contributed by atoms with E-state index in [1.807, 2.05) is 17.5 Å². The maximum Gasteiger partial charge on any atom is 0.0959 e. The van der Waals surface area contributed by atoms with Gasteiger partial charge in [-0.15, -0.1) is 11.3 Å². The van der Waals surface area contributed by atoms with Crippen LogP contribution in [0, 0.1) is 0 Å². The summed E-state index contributed by atoms with van der Waals surface area (Å²) in [7, 11) is 0. The Morgan fingerprint density at radius 1 is 1.47 bits per heavy atom. The minimum absolute atomic E-state index is 0.203. The molecule has 2 N–H and O–H groups in total. The topological polar surface area (TPSA) is 45.1 Å². The van der Waals surface area contributed by atoms with Crippen molar-refractivity contribution in [2.75, 3.05) is 13.2 Å². The van der Waals surface area contributed by atoms with Gasteiger partial charge in [0, 0.05) is 30.1 Å². The third kappa shape index (κ3) is 3.00. The molecule has 0 aliphatic heterocycles. The summed E-state index contributed by atoms with van der Waals surface area (Å²) < 4.78 is 0. The van der Waals surface area contributed by atoms with Crippen LogP contribution in [0.3, 0.4) is 0 Å². The summed E-state index contributed by atoms with van der Waals surface area (Å²) in [6, 6.07) is 0. The molecule has 1 heterocycles. The second kappa shape index (κ2) is 5.58. The Kier molecular flexibility index (Phi) is 4.11. The van der Waals surface area contributed by atoms with Crippen LogP contribution >= 0.6 is 11.3 Å². The third-order valence-corrected chi connectivity index (χ3v) is 4.02. The van der Waals surface area contributed by atoms with Crippen LogP contribution in [-0.2, 0) is 6.54 Å². The van der Waals surface area contributed by atoms with E-state index >= 15 is 0 Å². The molecular formula is C11H18N2OS. The maximum absolute atomic E-state index is 8.65. The smallest absolute Gasteiger partial charge is 0.0959 e. The van der Waals surface area contributed by atoms with E-state index in [2.05, 4.69) is 10.3 Å². The van der Waals surface area contributed by atoms with Crippen LogP contribution in [0.15, 0.2) is 6.20 Å². The molecule has 0 radical (unpaired) electrons. The molecule has 1 fully saturated rings. The lowest BCUT2D eigenvalue weighted by atomic mass is 10.1. The largest absolute Gasteiger partial charge is 0.395 e. The highest BCUT2D eigenvalue weighted by Crippen LogP contribution is 2.35. The molecule has 0 aromatic carbocycles. The zero-order chi connectivity index (χ0) is 10.5. The lowest BCUT2D eigenvalue weighted by Crippen LogP contribution is -2.16. The first-order chi connectivity index (χ1) is 7.40. The zero-order valence-corrected chi connectivity index (χ0v) is 9.72. The summed E-state index contributed by atoms with van der Waals surface area (Å²) in [5.74, 6) is 0.724. The number of aliphatic hydroxyl groups is 1. The molecule has 15 heavy (non-hydrogen) atoms. The molecule has 2 rings (SSSR count). The number of rotatable bonds is 5. The van der Waals surface area contributed by atoms with Crippen molar-refractivity contribution < 1.29 is 5.11 Å². The number of nitrogens with one attached hydrogen (secondary N) is 1. The molecule has 0 atom stereocenters. The van der Waals surface area contributed by atoms with E-state index in [1.165, 1.54) is 35.6 Å². The average molecular weight is 226 g/mol. The van der Waals surface area contributed by atoms with E-state index in [4.69, 9.17) is 5.11 Å². The number of aliphatic hydroxyl groups excluding tert-OH is 1. The van der Waals surface area contributed by atoms with Gasteiger partial charge in [-0.3, -0.25) is 0 Å². The molecule has 3 nitrogen and oxygen atoms in total. The van der Waals surface area contributed by atoms with E-state index in [0.717, 1.165) is 12.5 Å². The third-order valence-electron chi connectivity index (χ3n) is 2.86. The quantitative estimate of drug-likeness (QED) is 0.754. The van der Waals surface area contributed by atoms with Crippen LogP contribution in [0.4, 0.5) is 0 Å². The molecule has 0 bridgehead atoms. The van der Waals surface area contributed by atoms with Crippen LogP contribution in [0.25, 0.3) is 0 Å². The molecular weight excluding hydrogens is 208 g/mol. The van der Waals surface area contributed by atoms with Crippen molar-refractivity contribution in [2.45, 2.75) is 38.1 Å². The Morgan fingerprint density at radius 2 is 2.27 bits per heavy atom. The first kappa shape index (κ1) is 11.0. The Hall–Kier alpha value is -0.450. The van der Waals surface area contributed by atoms with Gasteiger partial charge >= 0.3 is 0 Å². The summed E-state index contributed by atoms with van der Waals surface area (Å²) in [5.41, 5.74) is 0. The van der Waals surface area contributed by atoms with Gasteiger partial charge in [0.05, 0.1) is 11.6 Å². The summed E-state index contributed by atoms with van der Waals surface area (Å²) in [6.07, 6.45) is 7.33. The Bertz CT molecular complexity index is 295. The second-order valence-corrected chi connectivity index (χ2v) is 5.19. The summed E-state index contributed by atoms with van der Waals surface area (Å²) in [6.45, 7) is 1.70. The Morgan fingerprint density at radius 3 is 3.00 bits per heavy atom. The second-order valence-electron chi connectivity index (χ2n) is 4.05. The van der Waals surface area contributed by atoms with Gasteiger partial charge in [-0.25, -0.2) is 4.98 Å². The molecule has 1 saturated carbocycles. The van der Waals surface area contributed by atoms with Gasteiger partial charge in [0.25, 0.3) is 0 Å². The van der Waals surface area contributed by atoms with Crippen LogP contribution in [0.5, 0.6) is 0 Å². The molecule has 0 amide bonds. The van der Waals surface area contributed by atoms with E-state index < -0.39 is 0 Å². The van der Waals surface area contributed by atoms with Gasteiger partial charge in [-0.2, -0.15) is 0 Å². The number of hydrogen-bond donors (Lipinski definition) is 2. The van der Waals surface area contributed by atoms with Crippen LogP contribution in [-0.4, -0.2) is 23.2 Å². The Balaban J connectivity index is 1.86. The highest BCUT2D eigenvalue weighted by Gasteiger charge is 2.19. The lowest BCUT2D eigenvalue weighted by Gasteiger charge is -2.02. The Labute approximate surface area is 94.5 Å². The molecule has 4 heteroatoms. The van der Waals surface area contributed by atoms with Crippen molar-refractivity contribution in [1.29, 1.82) is 0 Å². The van der Waals surface area contributed by atoms with Gasteiger partial charge in [0.2, 0.25) is 0 Å². The van der Waals surface area contributed by atoms with Gasteiger partial charge in [0.1, 0.15) is 0 Å². The van der Waals surface area contributed by atoms with Crippen molar-refractivity contribution in [1.82, 2.24) is 10.3 Å². The van der Waals surface area contributed by atoms with Crippen molar-refractivity contribution in [3.8, 4) is 0 Å². The molecule has 0 saturated heterocycles. The SMILES string of the molecule is OCCNCc1cnc(C2CCCC2)s1. The van der Waals surface area contributed by atoms with E-state index in [0.29, 0.717) is 6.54 Å². The van der Waals surface area contributed by atoms with Gasteiger partial charge < -0.3 is 10.4 Å². The number of nitrogens with zero attached hydrogens (tertiary/aromatic N) is 1. The minimum atomic E-state index is 0.203. The van der Waals surface area contributed by atoms with E-state index in [9.17, 15) is 0 Å². The van der Waals surface area contributed by atoms with Crippen molar-refractivity contribution in [3.05, 3.63) is 16.1 Å². The van der Waals surface area contributed by atoms with Gasteiger partial charge in [-0.1, -0.05) is 12.8 Å². The van der Waals surface area contributed by atoms with Crippen LogP contribution in [0.2, 0.25) is 0 Å². The highest BCUT2D eigenvalue weighted by molar-refractivity contribution is 7.11. The van der Waals surface area contributed by atoms with E-state index in [-0.39, 0.29) is 6.61 Å². The van der Waals surface area contributed by atoms with Crippen LogP contribution < -0.4 is 5.32 Å². The molecule has 1 aliphatic rings. The number of aromatic nitrogens is 1. The zero-order valence-electron chi connectivity index (χ0n) is 8.91. The first-order valence-corrected chi connectivity index (χ1v) is 6.48. The highest BCUT2D eigenvalue weighted by atomic mass is 32.1. The molecule has 0 spiro atoms. The normalized spacial score (nSPS) is 17.4. The average Bonchev–Trinajstić information content (AvgIpc) is 2.87. The van der Waals surface area contributed by atoms with Crippen molar-refractivity contribution in [3.63, 3.8) is 0 Å². The fourth-order valence-electron chi connectivity index (χ4n) is 2.06. The predicted molar refractivity (Wildman–Crippen MR) is 62.1 cm³/mol. The summed E-state index contributed by atoms with van der Waals surface area (Å²) >= 11 is 1.83. The van der Waals surface area contributed by atoms with Crippen LogP contribution in [0.1, 0.15) is 41.5 Å². The first-order valence-electron chi connectivity index (χ1n) is 5.66. The maximum atomic E-state index is 8.65. The van der Waals surface area contributed by atoms with Crippen molar-refractivity contribution >= 4 is 11.3 Å². The molecule has 1 aromatic rings. The summed E-state index contributed by atoms with van der Waals surface area (Å²) in [5, 5.41) is 13.1. The van der Waals surface area contributed by atoms with Crippen molar-refractivity contribution in [2.24, 2.45) is 0 Å². The predicted octanol–water partition coefficient (Wildman–Crippen LogP) is 1.88. The number of thiazole rings is 1. The fourth-order valence-corrected chi connectivity index (χ4v) is 3.11. The monoisotopic (exact) mass is 226 g/mol. The number of hydrogen-bond acceptors (Lipinski definition) is 4. The molecule has 1 aliphatic carbocycles. The minimum Gasteiger partial charge on any atom is -0.395 e. The van der Waals surface area contributed by atoms with E-state index in [1.54, 1.807) is 0 Å². The van der Waals surface area contributed by atoms with Gasteiger partial charge in [0.15, 0.2) is 0 Å². The lowest BCUT2D eigenvalue weighted by molar-refractivity contribution is 0.292. The molecule has 1 aromatic heterocycles. The fraction of sp³-hybridized carbons (Fsp3) is 0.727. The standard InChI is InChI=1S/C11H18N2OS/c14-6-5-12-7-10-8-13-11(15-10)9-3-1-2-4-9/h8-9,12,14H,1-7H2. The van der Waals surface area contributed by atoms with Gasteiger partial charge in [-0.05, 0) is 12.8 Å². The molecule has 84 valence electrons. The summed E-state index contributed by atoms with van der Waals surface area (Å²) in [4.78, 5) is 5.78.